The van der Waals surface area contributed by atoms with Gasteiger partial charge < -0.3 is 13.8 Å². The Labute approximate surface area is 149 Å². The first-order valence-electron chi connectivity index (χ1n) is 8.15. The summed E-state index contributed by atoms with van der Waals surface area (Å²) in [5, 5.41) is 4.11. The van der Waals surface area contributed by atoms with Crippen molar-refractivity contribution >= 4 is 0 Å². The molecule has 2 aromatic carbocycles. The van der Waals surface area contributed by atoms with Crippen molar-refractivity contribution < 1.29 is 13.7 Å². The summed E-state index contributed by atoms with van der Waals surface area (Å²) < 4.78 is 26.2. The molecule has 0 spiro atoms. The average molecular weight is 349 g/mol. The minimum atomic E-state index is -0.265. The molecule has 0 fully saturated rings. The Morgan fingerprint density at radius 3 is 2.73 bits per heavy atom. The van der Waals surface area contributed by atoms with Crippen molar-refractivity contribution in [2.24, 2.45) is 0 Å². The van der Waals surface area contributed by atoms with Gasteiger partial charge in [0.25, 0.3) is 0 Å². The van der Waals surface area contributed by atoms with Gasteiger partial charge in [-0.05, 0) is 42.0 Å². The normalized spacial score (nSPS) is 10.8. The molecule has 130 valence electrons. The number of nitrogens with zero attached hydrogens (tertiary/aromatic N) is 3. The number of imidazole rings is 1. The van der Waals surface area contributed by atoms with E-state index in [1.807, 2.05) is 47.2 Å². The summed E-state index contributed by atoms with van der Waals surface area (Å²) in [7, 11) is 0. The molecule has 0 aliphatic rings. The summed E-state index contributed by atoms with van der Waals surface area (Å²) in [6.07, 6.45) is 5.32. The SMILES string of the molecule is Fc1cccc(COc2ccc(-c3cc(Cn4ccnc4)on3)cc2)c1. The maximum atomic E-state index is 13.2. The van der Waals surface area contributed by atoms with Crippen molar-refractivity contribution in [2.45, 2.75) is 13.2 Å². The first kappa shape index (κ1) is 16.1. The highest BCUT2D eigenvalue weighted by atomic mass is 19.1. The fraction of sp³-hybridized carbons (Fsp3) is 0.100. The van der Waals surface area contributed by atoms with E-state index in [1.54, 1.807) is 18.6 Å². The van der Waals surface area contributed by atoms with Gasteiger partial charge in [-0.3, -0.25) is 0 Å². The second-order valence-corrected chi connectivity index (χ2v) is 5.86. The molecule has 0 radical (unpaired) electrons. The second-order valence-electron chi connectivity index (χ2n) is 5.86. The lowest BCUT2D eigenvalue weighted by Crippen LogP contribution is -1.95. The van der Waals surface area contributed by atoms with E-state index in [0.29, 0.717) is 18.9 Å². The third-order valence-electron chi connectivity index (χ3n) is 3.90. The van der Waals surface area contributed by atoms with Crippen molar-refractivity contribution in [3.63, 3.8) is 0 Å². The Morgan fingerprint density at radius 1 is 1.08 bits per heavy atom. The van der Waals surface area contributed by atoms with Crippen LogP contribution >= 0.6 is 0 Å². The predicted octanol–water partition coefficient (Wildman–Crippen LogP) is 4.30. The molecule has 2 heterocycles. The molecule has 0 aliphatic heterocycles. The van der Waals surface area contributed by atoms with Gasteiger partial charge in [0.05, 0.1) is 12.9 Å². The molecule has 0 amide bonds. The molecule has 0 saturated heterocycles. The molecule has 0 unspecified atom stereocenters. The molecule has 0 atom stereocenters. The molecule has 0 bridgehead atoms. The molecule has 0 aliphatic carbocycles. The van der Waals surface area contributed by atoms with Crippen LogP contribution in [0.15, 0.2) is 77.8 Å². The zero-order valence-electron chi connectivity index (χ0n) is 13.9. The van der Waals surface area contributed by atoms with E-state index < -0.39 is 0 Å². The van der Waals surface area contributed by atoms with Crippen molar-refractivity contribution in [1.82, 2.24) is 14.7 Å². The van der Waals surface area contributed by atoms with Crippen LogP contribution in [0.2, 0.25) is 0 Å². The van der Waals surface area contributed by atoms with Crippen LogP contribution in [0.25, 0.3) is 11.3 Å². The highest BCUT2D eigenvalue weighted by Crippen LogP contribution is 2.23. The van der Waals surface area contributed by atoms with E-state index in [9.17, 15) is 4.39 Å². The number of aromatic nitrogens is 3. The minimum absolute atomic E-state index is 0.265. The first-order valence-corrected chi connectivity index (χ1v) is 8.15. The van der Waals surface area contributed by atoms with Crippen molar-refractivity contribution in [3.05, 3.63) is 90.5 Å². The predicted molar refractivity (Wildman–Crippen MR) is 94.0 cm³/mol. The van der Waals surface area contributed by atoms with Gasteiger partial charge >= 0.3 is 0 Å². The number of ether oxygens (including phenoxy) is 1. The number of rotatable bonds is 6. The summed E-state index contributed by atoms with van der Waals surface area (Å²) in [6, 6.07) is 15.8. The molecule has 26 heavy (non-hydrogen) atoms. The van der Waals surface area contributed by atoms with Crippen LogP contribution in [0.1, 0.15) is 11.3 Å². The van der Waals surface area contributed by atoms with Crippen LogP contribution in [0, 0.1) is 5.82 Å². The van der Waals surface area contributed by atoms with Gasteiger partial charge in [-0.25, -0.2) is 9.37 Å². The molecule has 4 rings (SSSR count). The van der Waals surface area contributed by atoms with Crippen LogP contribution in [-0.2, 0) is 13.2 Å². The monoisotopic (exact) mass is 349 g/mol. The Balaban J connectivity index is 1.40. The van der Waals surface area contributed by atoms with E-state index in [-0.39, 0.29) is 5.82 Å². The van der Waals surface area contributed by atoms with Crippen molar-refractivity contribution in [2.75, 3.05) is 0 Å². The highest BCUT2D eigenvalue weighted by molar-refractivity contribution is 5.59. The van der Waals surface area contributed by atoms with Gasteiger partial charge in [-0.1, -0.05) is 17.3 Å². The first-order chi connectivity index (χ1) is 12.8. The van der Waals surface area contributed by atoms with Gasteiger partial charge in [0.1, 0.15) is 23.9 Å². The maximum Gasteiger partial charge on any atom is 0.157 e. The minimum Gasteiger partial charge on any atom is -0.489 e. The molecule has 6 heteroatoms. The number of hydrogen-bond donors (Lipinski definition) is 0. The zero-order valence-corrected chi connectivity index (χ0v) is 13.9. The van der Waals surface area contributed by atoms with Crippen LogP contribution in [0.5, 0.6) is 5.75 Å². The topological polar surface area (TPSA) is 53.1 Å². The summed E-state index contributed by atoms with van der Waals surface area (Å²) >= 11 is 0. The standard InChI is InChI=1S/C20H16FN3O2/c21-17-3-1-2-15(10-17)13-25-18-6-4-16(5-7-18)20-11-19(26-23-20)12-24-9-8-22-14-24/h1-11,14H,12-13H2. The molecular weight excluding hydrogens is 333 g/mol. The van der Waals surface area contributed by atoms with Gasteiger partial charge in [-0.15, -0.1) is 0 Å². The molecule has 4 aromatic rings. The molecule has 0 saturated carbocycles. The molecular formula is C20H16FN3O2. The van der Waals surface area contributed by atoms with Crippen LogP contribution in [-0.4, -0.2) is 14.7 Å². The Bertz CT molecular complexity index is 978. The van der Waals surface area contributed by atoms with E-state index in [4.69, 9.17) is 9.26 Å². The second kappa shape index (κ2) is 7.23. The lowest BCUT2D eigenvalue weighted by molar-refractivity contribution is 0.305. The Morgan fingerprint density at radius 2 is 1.96 bits per heavy atom. The van der Waals surface area contributed by atoms with Crippen molar-refractivity contribution in [1.29, 1.82) is 0 Å². The van der Waals surface area contributed by atoms with Gasteiger partial charge in [0.15, 0.2) is 5.76 Å². The number of benzene rings is 2. The van der Waals surface area contributed by atoms with Gasteiger partial charge in [0.2, 0.25) is 0 Å². The summed E-state index contributed by atoms with van der Waals surface area (Å²) in [5.41, 5.74) is 2.48. The lowest BCUT2D eigenvalue weighted by Gasteiger charge is -2.06. The fourth-order valence-electron chi connectivity index (χ4n) is 2.60. The highest BCUT2D eigenvalue weighted by Gasteiger charge is 2.07. The lowest BCUT2D eigenvalue weighted by atomic mass is 10.1. The third kappa shape index (κ3) is 3.80. The van der Waals surface area contributed by atoms with E-state index >= 15 is 0 Å². The summed E-state index contributed by atoms with van der Waals surface area (Å²) in [6.45, 7) is 0.901. The zero-order chi connectivity index (χ0) is 17.8. The van der Waals surface area contributed by atoms with E-state index in [0.717, 1.165) is 22.6 Å². The Kier molecular flexibility index (Phi) is 4.47. The van der Waals surface area contributed by atoms with E-state index in [2.05, 4.69) is 10.1 Å². The number of halogens is 1. The summed E-state index contributed by atoms with van der Waals surface area (Å²) in [5.74, 6) is 1.20. The van der Waals surface area contributed by atoms with E-state index in [1.165, 1.54) is 12.1 Å². The fourth-order valence-corrected chi connectivity index (χ4v) is 2.60. The molecule has 2 aromatic heterocycles. The summed E-state index contributed by atoms with van der Waals surface area (Å²) in [4.78, 5) is 4.00. The van der Waals surface area contributed by atoms with Crippen molar-refractivity contribution in [3.8, 4) is 17.0 Å². The average Bonchev–Trinajstić information content (AvgIpc) is 3.33. The van der Waals surface area contributed by atoms with Crippen LogP contribution in [0.3, 0.4) is 0 Å². The largest absolute Gasteiger partial charge is 0.489 e. The van der Waals surface area contributed by atoms with Crippen LogP contribution < -0.4 is 4.74 Å². The smallest absolute Gasteiger partial charge is 0.157 e. The third-order valence-corrected chi connectivity index (χ3v) is 3.90. The molecule has 5 nitrogen and oxygen atoms in total. The maximum absolute atomic E-state index is 13.2. The Hall–Kier alpha value is -3.41. The molecule has 0 N–H and O–H groups in total. The van der Waals surface area contributed by atoms with Crippen LogP contribution in [0.4, 0.5) is 4.39 Å². The van der Waals surface area contributed by atoms with Gasteiger partial charge in [-0.2, -0.15) is 0 Å². The quantitative estimate of drug-likeness (QED) is 0.521. The number of hydrogen-bond acceptors (Lipinski definition) is 4. The van der Waals surface area contributed by atoms with Gasteiger partial charge in [0, 0.05) is 24.0 Å².